The highest BCUT2D eigenvalue weighted by Crippen LogP contribution is 2.30. The van der Waals surface area contributed by atoms with E-state index in [1.165, 1.54) is 11.1 Å². The highest BCUT2D eigenvalue weighted by Gasteiger charge is 2.32. The lowest BCUT2D eigenvalue weighted by atomic mass is 9.86. The normalized spacial score (nSPS) is 17.5. The Morgan fingerprint density at radius 2 is 1.63 bits per heavy atom. The zero-order chi connectivity index (χ0) is 30.5. The van der Waals surface area contributed by atoms with E-state index in [1.807, 2.05) is 59.2 Å². The topological polar surface area (TPSA) is 99.9 Å². The molecule has 8 nitrogen and oxygen atoms in total. The Morgan fingerprint density at radius 3 is 2.33 bits per heavy atom. The molecule has 0 bridgehead atoms. The number of hydrogen-bond acceptors (Lipinski definition) is 6. The van der Waals surface area contributed by atoms with Crippen molar-refractivity contribution in [3.8, 4) is 6.07 Å². The summed E-state index contributed by atoms with van der Waals surface area (Å²) in [5.74, 6) is 0.322. The molecule has 0 aromatic heterocycles. The molecule has 2 N–H and O–H groups in total. The van der Waals surface area contributed by atoms with Gasteiger partial charge in [-0.1, -0.05) is 30.3 Å². The van der Waals surface area contributed by atoms with Gasteiger partial charge in [0.25, 0.3) is 11.8 Å². The molecule has 5 rings (SSSR count). The van der Waals surface area contributed by atoms with E-state index in [2.05, 4.69) is 35.3 Å². The van der Waals surface area contributed by atoms with Crippen molar-refractivity contribution in [2.24, 2.45) is 5.92 Å². The molecule has 2 amide bonds. The number of carbonyl (C=O) groups is 2. The summed E-state index contributed by atoms with van der Waals surface area (Å²) in [6, 6.07) is 21.4. The average molecular weight is 580 g/mol. The van der Waals surface area contributed by atoms with Crippen LogP contribution in [0.25, 0.3) is 0 Å². The molecule has 2 aliphatic heterocycles. The number of nitrogens with one attached hydrogen (secondary N) is 1. The number of aryl methyl sites for hydroxylation is 2. The fourth-order valence-corrected chi connectivity index (χ4v) is 6.61. The first-order chi connectivity index (χ1) is 20.8. The summed E-state index contributed by atoms with van der Waals surface area (Å²) in [4.78, 5) is 32.6. The van der Waals surface area contributed by atoms with Gasteiger partial charge in [-0.15, -0.1) is 0 Å². The Labute approximate surface area is 254 Å². The largest absolute Gasteiger partial charge is 0.394 e. The summed E-state index contributed by atoms with van der Waals surface area (Å²) < 4.78 is 0. The van der Waals surface area contributed by atoms with Gasteiger partial charge in [-0.3, -0.25) is 9.59 Å². The predicted molar refractivity (Wildman–Crippen MR) is 170 cm³/mol. The van der Waals surface area contributed by atoms with E-state index in [-0.39, 0.29) is 24.5 Å². The number of piperazine rings is 1. The lowest BCUT2D eigenvalue weighted by Gasteiger charge is -2.42. The van der Waals surface area contributed by atoms with Crippen molar-refractivity contribution < 1.29 is 14.7 Å². The second kappa shape index (κ2) is 13.3. The molecule has 2 saturated heterocycles. The van der Waals surface area contributed by atoms with Gasteiger partial charge in [-0.2, -0.15) is 5.26 Å². The molecule has 2 aliphatic rings. The maximum atomic E-state index is 13.9. The van der Waals surface area contributed by atoms with E-state index in [0.717, 1.165) is 60.4 Å². The summed E-state index contributed by atoms with van der Waals surface area (Å²) in [5, 5.41) is 22.5. The minimum Gasteiger partial charge on any atom is -0.394 e. The monoisotopic (exact) mass is 579 g/mol. The Hall–Kier alpha value is -4.35. The van der Waals surface area contributed by atoms with Crippen molar-refractivity contribution in [2.75, 3.05) is 56.2 Å². The lowest BCUT2D eigenvalue weighted by molar-refractivity contribution is 0.0697. The molecular weight excluding hydrogens is 538 g/mol. The number of amides is 2. The number of rotatable bonds is 7. The standard InChI is InChI=1S/C35H41N5O3/c1-24-18-25(2)31(20-28(24)19-26-12-14-38(15-13-26)32-10-6-4-8-27(32)21-36)35(43)39-16-17-40(29(22-39)23-41)33-11-7-5-9-30(33)34(42)37-3/h4-11,18,20,26,29,41H,12-17,19,22-23H2,1-3H3,(H,37,42)/t29-/m1/s1. The maximum Gasteiger partial charge on any atom is 0.254 e. The number of carbonyl (C=O) groups excluding carboxylic acids is 2. The van der Waals surface area contributed by atoms with Crippen molar-refractivity contribution >= 4 is 23.2 Å². The first-order valence-electron chi connectivity index (χ1n) is 15.2. The molecule has 0 saturated carbocycles. The molecule has 0 aliphatic carbocycles. The van der Waals surface area contributed by atoms with Crippen molar-refractivity contribution in [2.45, 2.75) is 39.2 Å². The zero-order valence-electron chi connectivity index (χ0n) is 25.3. The van der Waals surface area contributed by atoms with Crippen LogP contribution in [-0.2, 0) is 6.42 Å². The van der Waals surface area contributed by atoms with E-state index in [1.54, 1.807) is 13.1 Å². The van der Waals surface area contributed by atoms with Gasteiger partial charge in [0.05, 0.1) is 29.5 Å². The van der Waals surface area contributed by atoms with E-state index >= 15 is 0 Å². The van der Waals surface area contributed by atoms with Crippen LogP contribution in [0.3, 0.4) is 0 Å². The Morgan fingerprint density at radius 1 is 0.930 bits per heavy atom. The highest BCUT2D eigenvalue weighted by atomic mass is 16.3. The number of para-hydroxylation sites is 2. The van der Waals surface area contributed by atoms with Crippen LogP contribution in [0.1, 0.15) is 55.8 Å². The van der Waals surface area contributed by atoms with Crippen LogP contribution in [0, 0.1) is 31.1 Å². The molecule has 224 valence electrons. The summed E-state index contributed by atoms with van der Waals surface area (Å²) >= 11 is 0. The Balaban J connectivity index is 1.27. The van der Waals surface area contributed by atoms with Crippen molar-refractivity contribution in [3.05, 3.63) is 94.0 Å². The molecule has 0 spiro atoms. The molecular formula is C35H41N5O3. The van der Waals surface area contributed by atoms with Crippen molar-refractivity contribution in [3.63, 3.8) is 0 Å². The number of benzene rings is 3. The summed E-state index contributed by atoms with van der Waals surface area (Å²) in [5.41, 5.74) is 7.15. The van der Waals surface area contributed by atoms with Gasteiger partial charge in [-0.25, -0.2) is 0 Å². The van der Waals surface area contributed by atoms with Crippen LogP contribution in [0.5, 0.6) is 0 Å². The minimum atomic E-state index is -0.315. The predicted octanol–water partition coefficient (Wildman–Crippen LogP) is 4.32. The van der Waals surface area contributed by atoms with Crippen molar-refractivity contribution in [1.29, 1.82) is 5.26 Å². The second-order valence-electron chi connectivity index (χ2n) is 11.7. The first-order valence-corrected chi connectivity index (χ1v) is 15.2. The number of nitriles is 1. The second-order valence-corrected chi connectivity index (χ2v) is 11.7. The quantitative estimate of drug-likeness (QED) is 0.433. The van der Waals surface area contributed by atoms with Crippen LogP contribution in [-0.4, -0.2) is 74.2 Å². The molecule has 3 aromatic carbocycles. The van der Waals surface area contributed by atoms with E-state index in [9.17, 15) is 20.0 Å². The van der Waals surface area contributed by atoms with Gasteiger partial charge in [0.15, 0.2) is 0 Å². The molecule has 0 radical (unpaired) electrons. The summed E-state index contributed by atoms with van der Waals surface area (Å²) in [6.45, 7) is 7.23. The molecule has 3 aromatic rings. The molecule has 0 unspecified atom stereocenters. The lowest BCUT2D eigenvalue weighted by Crippen LogP contribution is -2.56. The minimum absolute atomic E-state index is 0.0145. The van der Waals surface area contributed by atoms with Gasteiger partial charge >= 0.3 is 0 Å². The van der Waals surface area contributed by atoms with E-state index in [4.69, 9.17) is 0 Å². The zero-order valence-corrected chi connectivity index (χ0v) is 25.3. The van der Waals surface area contributed by atoms with Crippen LogP contribution in [0.2, 0.25) is 0 Å². The number of aliphatic hydroxyl groups excluding tert-OH is 1. The summed E-state index contributed by atoms with van der Waals surface area (Å²) in [7, 11) is 1.61. The molecule has 2 fully saturated rings. The number of piperidine rings is 1. The number of hydrogen-bond donors (Lipinski definition) is 2. The first kappa shape index (κ1) is 30.1. The number of nitrogens with zero attached hydrogens (tertiary/aromatic N) is 4. The van der Waals surface area contributed by atoms with Gasteiger partial charge in [0.1, 0.15) is 6.07 Å². The molecule has 8 heteroatoms. The average Bonchev–Trinajstić information content (AvgIpc) is 3.05. The third kappa shape index (κ3) is 6.37. The van der Waals surface area contributed by atoms with Gasteiger partial charge in [0.2, 0.25) is 0 Å². The SMILES string of the molecule is CNC(=O)c1ccccc1N1CCN(C(=O)c2cc(CC3CCN(c4ccccc4C#N)CC3)c(C)cc2C)C[C@@H]1CO. The van der Waals surface area contributed by atoms with Gasteiger partial charge in [0, 0.05) is 51.0 Å². The van der Waals surface area contributed by atoms with Gasteiger partial charge in [-0.05, 0) is 86.1 Å². The van der Waals surface area contributed by atoms with E-state index in [0.29, 0.717) is 31.1 Å². The molecule has 2 heterocycles. The van der Waals surface area contributed by atoms with Crippen LogP contribution in [0.15, 0.2) is 60.7 Å². The van der Waals surface area contributed by atoms with Crippen molar-refractivity contribution in [1.82, 2.24) is 10.2 Å². The third-order valence-corrected chi connectivity index (χ3v) is 9.07. The summed E-state index contributed by atoms with van der Waals surface area (Å²) in [6.07, 6.45) is 2.99. The molecule has 1 atom stereocenters. The van der Waals surface area contributed by atoms with E-state index < -0.39 is 0 Å². The number of aliphatic hydroxyl groups is 1. The van der Waals surface area contributed by atoms with Crippen LogP contribution < -0.4 is 15.1 Å². The maximum absolute atomic E-state index is 13.9. The smallest absolute Gasteiger partial charge is 0.254 e. The van der Waals surface area contributed by atoms with Crippen LogP contribution in [0.4, 0.5) is 11.4 Å². The molecule has 43 heavy (non-hydrogen) atoms. The Kier molecular flexibility index (Phi) is 9.32. The highest BCUT2D eigenvalue weighted by molar-refractivity contribution is 6.00. The fourth-order valence-electron chi connectivity index (χ4n) is 6.61. The van der Waals surface area contributed by atoms with Crippen LogP contribution >= 0.6 is 0 Å². The Bertz CT molecular complexity index is 1520. The third-order valence-electron chi connectivity index (χ3n) is 9.07. The van der Waals surface area contributed by atoms with Gasteiger partial charge < -0.3 is 25.1 Å². The fraction of sp³-hybridized carbons (Fsp3) is 0.400. The number of anilines is 2.